The largest absolute Gasteiger partial charge is 0.271 e. The van der Waals surface area contributed by atoms with E-state index >= 15 is 0 Å². The molecule has 1 aromatic carbocycles. The third-order valence-corrected chi connectivity index (χ3v) is 3.91. The Morgan fingerprint density at radius 1 is 1.26 bits per heavy atom. The molecule has 0 saturated heterocycles. The van der Waals surface area contributed by atoms with Gasteiger partial charge in [0, 0.05) is 17.1 Å². The maximum atomic E-state index is 5.79. The van der Waals surface area contributed by atoms with E-state index in [2.05, 4.69) is 42.8 Å². The van der Waals surface area contributed by atoms with E-state index in [9.17, 15) is 0 Å². The Balaban J connectivity index is 2.47. The number of hydrogen-bond donors (Lipinski definition) is 2. The average molecular weight is 276 g/mol. The van der Waals surface area contributed by atoms with E-state index in [1.54, 1.807) is 11.8 Å². The summed E-state index contributed by atoms with van der Waals surface area (Å²) in [4.78, 5) is 1.22. The topological polar surface area (TPSA) is 55.9 Å². The molecule has 19 heavy (non-hydrogen) atoms. The molecule has 0 bridgehead atoms. The van der Waals surface area contributed by atoms with Crippen molar-refractivity contribution in [2.45, 2.75) is 30.8 Å². The second-order valence-electron chi connectivity index (χ2n) is 4.64. The van der Waals surface area contributed by atoms with Crippen LogP contribution in [0.4, 0.5) is 0 Å². The number of benzene rings is 1. The van der Waals surface area contributed by atoms with Gasteiger partial charge in [-0.25, -0.2) is 5.43 Å². The number of aromatic nitrogens is 2. The fraction of sp³-hybridized carbons (Fsp3) is 0.357. The van der Waals surface area contributed by atoms with Crippen molar-refractivity contribution >= 4 is 11.8 Å². The molecule has 0 spiro atoms. The summed E-state index contributed by atoms with van der Waals surface area (Å²) in [5.74, 6) is 5.79. The first kappa shape index (κ1) is 14.1. The molecule has 102 valence electrons. The van der Waals surface area contributed by atoms with Crippen LogP contribution in [0, 0.1) is 0 Å². The van der Waals surface area contributed by atoms with E-state index in [1.807, 2.05) is 29.1 Å². The molecule has 2 rings (SSSR count). The molecule has 1 unspecified atom stereocenters. The molecule has 3 N–H and O–H groups in total. The molecule has 5 heteroatoms. The SMILES string of the molecule is CSc1ccccc1C(NN)c1ccnn1C(C)C. The summed E-state index contributed by atoms with van der Waals surface area (Å²) in [6.07, 6.45) is 3.90. The second-order valence-corrected chi connectivity index (χ2v) is 5.48. The van der Waals surface area contributed by atoms with Crippen LogP contribution in [0.3, 0.4) is 0 Å². The van der Waals surface area contributed by atoms with Crippen LogP contribution >= 0.6 is 11.8 Å². The lowest BCUT2D eigenvalue weighted by atomic mass is 10.0. The van der Waals surface area contributed by atoms with Crippen LogP contribution in [0.5, 0.6) is 0 Å². The van der Waals surface area contributed by atoms with Gasteiger partial charge in [-0.3, -0.25) is 10.5 Å². The van der Waals surface area contributed by atoms with Gasteiger partial charge in [0.2, 0.25) is 0 Å². The van der Waals surface area contributed by atoms with Crippen molar-refractivity contribution in [3.63, 3.8) is 0 Å². The van der Waals surface area contributed by atoms with Crippen molar-refractivity contribution in [3.8, 4) is 0 Å². The number of hydrazine groups is 1. The van der Waals surface area contributed by atoms with Gasteiger partial charge in [-0.15, -0.1) is 11.8 Å². The Labute approximate surface area is 118 Å². The van der Waals surface area contributed by atoms with Gasteiger partial charge in [0.1, 0.15) is 0 Å². The Morgan fingerprint density at radius 3 is 2.63 bits per heavy atom. The minimum absolute atomic E-state index is 0.0476. The number of nitrogens with zero attached hydrogens (tertiary/aromatic N) is 2. The Hall–Kier alpha value is -1.30. The summed E-state index contributed by atoms with van der Waals surface area (Å²) in [7, 11) is 0. The molecule has 0 aliphatic carbocycles. The smallest absolute Gasteiger partial charge is 0.0889 e. The van der Waals surface area contributed by atoms with Crippen molar-refractivity contribution < 1.29 is 0 Å². The summed E-state index contributed by atoms with van der Waals surface area (Å²) in [6.45, 7) is 4.23. The van der Waals surface area contributed by atoms with Crippen LogP contribution < -0.4 is 11.3 Å². The molecular formula is C14H20N4S. The van der Waals surface area contributed by atoms with E-state index in [4.69, 9.17) is 5.84 Å². The third kappa shape index (κ3) is 2.83. The van der Waals surface area contributed by atoms with Gasteiger partial charge in [-0.05, 0) is 37.8 Å². The van der Waals surface area contributed by atoms with E-state index in [0.29, 0.717) is 6.04 Å². The average Bonchev–Trinajstić information content (AvgIpc) is 2.89. The van der Waals surface area contributed by atoms with Gasteiger partial charge < -0.3 is 0 Å². The highest BCUT2D eigenvalue weighted by molar-refractivity contribution is 7.98. The monoisotopic (exact) mass is 276 g/mol. The highest BCUT2D eigenvalue weighted by atomic mass is 32.2. The summed E-state index contributed by atoms with van der Waals surface area (Å²) in [5, 5.41) is 4.38. The first-order valence-electron chi connectivity index (χ1n) is 6.31. The van der Waals surface area contributed by atoms with Crippen molar-refractivity contribution in [1.82, 2.24) is 15.2 Å². The predicted octanol–water partition coefficient (Wildman–Crippen LogP) is 2.74. The fourth-order valence-electron chi connectivity index (χ4n) is 2.22. The lowest BCUT2D eigenvalue weighted by Gasteiger charge is -2.21. The quantitative estimate of drug-likeness (QED) is 0.501. The zero-order valence-electron chi connectivity index (χ0n) is 11.5. The first-order chi connectivity index (χ1) is 9.19. The van der Waals surface area contributed by atoms with Gasteiger partial charge in [0.15, 0.2) is 0 Å². The molecule has 0 aliphatic rings. The number of nitrogens with two attached hydrogens (primary N) is 1. The second kappa shape index (κ2) is 6.23. The summed E-state index contributed by atoms with van der Waals surface area (Å²) >= 11 is 1.73. The van der Waals surface area contributed by atoms with E-state index in [1.165, 1.54) is 10.5 Å². The molecule has 4 nitrogen and oxygen atoms in total. The van der Waals surface area contributed by atoms with Crippen LogP contribution in [0.25, 0.3) is 0 Å². The van der Waals surface area contributed by atoms with Crippen molar-refractivity contribution in [1.29, 1.82) is 0 Å². The molecule has 1 atom stereocenters. The molecule has 0 saturated carbocycles. The molecule has 0 radical (unpaired) electrons. The number of thioether (sulfide) groups is 1. The van der Waals surface area contributed by atoms with Crippen LogP contribution in [0.2, 0.25) is 0 Å². The minimum Gasteiger partial charge on any atom is -0.271 e. The molecule has 0 amide bonds. The fourth-order valence-corrected chi connectivity index (χ4v) is 2.86. The van der Waals surface area contributed by atoms with E-state index in [0.717, 1.165) is 5.69 Å². The molecule has 0 fully saturated rings. The number of rotatable bonds is 5. The van der Waals surface area contributed by atoms with Gasteiger partial charge in [-0.1, -0.05) is 18.2 Å². The zero-order chi connectivity index (χ0) is 13.8. The Kier molecular flexibility index (Phi) is 4.63. The van der Waals surface area contributed by atoms with Crippen LogP contribution in [-0.2, 0) is 0 Å². The lowest BCUT2D eigenvalue weighted by Crippen LogP contribution is -2.31. The normalized spacial score (nSPS) is 12.9. The Morgan fingerprint density at radius 2 is 2.00 bits per heavy atom. The number of hydrogen-bond acceptors (Lipinski definition) is 4. The number of nitrogens with one attached hydrogen (secondary N) is 1. The van der Waals surface area contributed by atoms with Gasteiger partial charge in [-0.2, -0.15) is 5.10 Å². The van der Waals surface area contributed by atoms with Gasteiger partial charge >= 0.3 is 0 Å². The molecule has 1 aromatic heterocycles. The van der Waals surface area contributed by atoms with Crippen LogP contribution in [-0.4, -0.2) is 16.0 Å². The predicted molar refractivity (Wildman–Crippen MR) is 80.0 cm³/mol. The highest BCUT2D eigenvalue weighted by Gasteiger charge is 2.20. The molecule has 2 aromatic rings. The lowest BCUT2D eigenvalue weighted by molar-refractivity contribution is 0.474. The van der Waals surface area contributed by atoms with Crippen molar-refractivity contribution in [2.75, 3.05) is 6.26 Å². The highest BCUT2D eigenvalue weighted by Crippen LogP contribution is 2.30. The maximum absolute atomic E-state index is 5.79. The summed E-state index contributed by atoms with van der Waals surface area (Å²) in [6, 6.07) is 10.6. The standard InChI is InChI=1S/C14H20N4S/c1-10(2)18-12(8-9-16-18)14(17-15)11-6-4-5-7-13(11)19-3/h4-10,14,17H,15H2,1-3H3. The first-order valence-corrected chi connectivity index (χ1v) is 7.54. The molecular weight excluding hydrogens is 256 g/mol. The van der Waals surface area contributed by atoms with Crippen molar-refractivity contribution in [3.05, 3.63) is 47.8 Å². The maximum Gasteiger partial charge on any atom is 0.0889 e. The van der Waals surface area contributed by atoms with Crippen LogP contribution in [0.1, 0.15) is 37.2 Å². The van der Waals surface area contributed by atoms with E-state index in [-0.39, 0.29) is 6.04 Å². The minimum atomic E-state index is -0.0476. The van der Waals surface area contributed by atoms with Crippen LogP contribution in [0.15, 0.2) is 41.4 Å². The van der Waals surface area contributed by atoms with Gasteiger partial charge in [0.05, 0.1) is 11.7 Å². The van der Waals surface area contributed by atoms with Gasteiger partial charge in [0.25, 0.3) is 0 Å². The third-order valence-electron chi connectivity index (χ3n) is 3.10. The summed E-state index contributed by atoms with van der Waals surface area (Å²) < 4.78 is 2.00. The molecule has 1 heterocycles. The van der Waals surface area contributed by atoms with Crippen molar-refractivity contribution in [2.24, 2.45) is 5.84 Å². The van der Waals surface area contributed by atoms with E-state index < -0.39 is 0 Å². The molecule has 0 aliphatic heterocycles. The Bertz CT molecular complexity index is 536. The summed E-state index contributed by atoms with van der Waals surface area (Å²) in [5.41, 5.74) is 5.18. The zero-order valence-corrected chi connectivity index (χ0v) is 12.3.